The molecule has 22 heavy (non-hydrogen) atoms. The number of benzene rings is 1. The lowest BCUT2D eigenvalue weighted by Crippen LogP contribution is -2.43. The van der Waals surface area contributed by atoms with Gasteiger partial charge in [-0.3, -0.25) is 14.6 Å². The predicted octanol–water partition coefficient (Wildman–Crippen LogP) is 2.92. The third kappa shape index (κ3) is 3.81. The highest BCUT2D eigenvalue weighted by Crippen LogP contribution is 2.20. The van der Waals surface area contributed by atoms with Crippen LogP contribution in [-0.2, 0) is 4.79 Å². The third-order valence-electron chi connectivity index (χ3n) is 3.50. The fourth-order valence-corrected chi connectivity index (χ4v) is 2.35. The van der Waals surface area contributed by atoms with Crippen molar-refractivity contribution in [3.63, 3.8) is 0 Å². The minimum Gasteiger partial charge on any atom is -0.481 e. The first-order valence-electron chi connectivity index (χ1n) is 7.19. The summed E-state index contributed by atoms with van der Waals surface area (Å²) in [6.07, 6.45) is 0.388. The number of hydrogen-bond acceptors (Lipinski definition) is 3. The molecule has 0 aliphatic heterocycles. The van der Waals surface area contributed by atoms with Gasteiger partial charge in [-0.1, -0.05) is 18.2 Å². The van der Waals surface area contributed by atoms with E-state index in [4.69, 9.17) is 5.11 Å². The molecule has 0 unspecified atom stereocenters. The van der Waals surface area contributed by atoms with Crippen molar-refractivity contribution in [2.45, 2.75) is 39.2 Å². The molecule has 5 heteroatoms. The fourth-order valence-electron chi connectivity index (χ4n) is 2.35. The Balaban J connectivity index is 2.28. The predicted molar refractivity (Wildman–Crippen MR) is 84.9 cm³/mol. The van der Waals surface area contributed by atoms with E-state index in [0.717, 1.165) is 16.6 Å². The number of para-hydroxylation sites is 1. The van der Waals surface area contributed by atoms with E-state index in [9.17, 15) is 9.59 Å². The molecule has 2 aromatic rings. The number of carboxylic acids is 1. The quantitative estimate of drug-likeness (QED) is 0.890. The number of amides is 1. The molecule has 0 radical (unpaired) electrons. The summed E-state index contributed by atoms with van der Waals surface area (Å²) >= 11 is 0. The van der Waals surface area contributed by atoms with Crippen LogP contribution in [0.15, 0.2) is 30.3 Å². The van der Waals surface area contributed by atoms with Crippen LogP contribution in [0.4, 0.5) is 0 Å². The lowest BCUT2D eigenvalue weighted by Gasteiger charge is -2.26. The Hall–Kier alpha value is -2.43. The van der Waals surface area contributed by atoms with E-state index in [0.29, 0.717) is 12.0 Å². The highest BCUT2D eigenvalue weighted by molar-refractivity contribution is 6.06. The zero-order valence-electron chi connectivity index (χ0n) is 13.0. The van der Waals surface area contributed by atoms with Crippen LogP contribution in [0.25, 0.3) is 10.9 Å². The first-order chi connectivity index (χ1) is 10.3. The number of rotatable bonds is 5. The smallest absolute Gasteiger partial charge is 0.303 e. The van der Waals surface area contributed by atoms with Gasteiger partial charge in [-0.05, 0) is 39.3 Å². The van der Waals surface area contributed by atoms with Crippen molar-refractivity contribution in [2.75, 3.05) is 0 Å². The molecule has 2 rings (SSSR count). The van der Waals surface area contributed by atoms with Crippen LogP contribution in [-0.4, -0.2) is 27.5 Å². The van der Waals surface area contributed by atoms with Crippen molar-refractivity contribution in [3.8, 4) is 0 Å². The van der Waals surface area contributed by atoms with Gasteiger partial charge in [-0.25, -0.2) is 0 Å². The molecule has 0 atom stereocenters. The molecule has 0 spiro atoms. The van der Waals surface area contributed by atoms with Gasteiger partial charge in [-0.15, -0.1) is 0 Å². The van der Waals surface area contributed by atoms with E-state index in [1.807, 2.05) is 45.0 Å². The van der Waals surface area contributed by atoms with Gasteiger partial charge in [-0.2, -0.15) is 0 Å². The van der Waals surface area contributed by atoms with Gasteiger partial charge in [0.25, 0.3) is 5.91 Å². The van der Waals surface area contributed by atoms with Gasteiger partial charge in [0.15, 0.2) is 0 Å². The monoisotopic (exact) mass is 300 g/mol. The molecule has 0 fully saturated rings. The fraction of sp³-hybridized carbons (Fsp3) is 0.353. The normalized spacial score (nSPS) is 11.4. The van der Waals surface area contributed by atoms with Gasteiger partial charge >= 0.3 is 5.97 Å². The summed E-state index contributed by atoms with van der Waals surface area (Å²) in [4.78, 5) is 27.7. The molecule has 116 valence electrons. The van der Waals surface area contributed by atoms with Gasteiger partial charge in [0.05, 0.1) is 11.1 Å². The van der Waals surface area contributed by atoms with Gasteiger partial charge < -0.3 is 10.4 Å². The summed E-state index contributed by atoms with van der Waals surface area (Å²) in [5.74, 6) is -1.08. The Bertz CT molecular complexity index is 723. The van der Waals surface area contributed by atoms with Crippen LogP contribution in [0.5, 0.6) is 0 Å². The van der Waals surface area contributed by atoms with Crippen molar-refractivity contribution in [1.29, 1.82) is 0 Å². The number of pyridine rings is 1. The number of carbonyl (C=O) groups excluding carboxylic acids is 1. The molecule has 0 bridgehead atoms. The number of aliphatic carboxylic acids is 1. The SMILES string of the molecule is Cc1cc(C(=O)NC(C)(C)CCC(=O)O)c2ccccc2n1. The van der Waals surface area contributed by atoms with Crippen LogP contribution in [0, 0.1) is 6.92 Å². The number of nitrogens with zero attached hydrogens (tertiary/aromatic N) is 1. The lowest BCUT2D eigenvalue weighted by molar-refractivity contribution is -0.137. The number of aromatic nitrogens is 1. The Kier molecular flexibility index (Phi) is 4.45. The number of fused-ring (bicyclic) bond motifs is 1. The van der Waals surface area contributed by atoms with E-state index >= 15 is 0 Å². The third-order valence-corrected chi connectivity index (χ3v) is 3.50. The molecule has 2 N–H and O–H groups in total. The number of hydrogen-bond donors (Lipinski definition) is 2. The van der Waals surface area contributed by atoms with Crippen molar-refractivity contribution in [2.24, 2.45) is 0 Å². The number of carbonyl (C=O) groups is 2. The van der Waals surface area contributed by atoms with Crippen LogP contribution in [0.1, 0.15) is 42.7 Å². The summed E-state index contributed by atoms with van der Waals surface area (Å²) in [7, 11) is 0. The minimum atomic E-state index is -0.868. The van der Waals surface area contributed by atoms with E-state index < -0.39 is 11.5 Å². The topological polar surface area (TPSA) is 79.3 Å². The second-order valence-corrected chi connectivity index (χ2v) is 6.06. The molecule has 0 aliphatic carbocycles. The molecule has 1 heterocycles. The summed E-state index contributed by atoms with van der Waals surface area (Å²) in [6, 6.07) is 9.24. The van der Waals surface area contributed by atoms with E-state index in [1.54, 1.807) is 6.07 Å². The maximum absolute atomic E-state index is 12.6. The molecular weight excluding hydrogens is 280 g/mol. The Morgan fingerprint density at radius 3 is 2.64 bits per heavy atom. The van der Waals surface area contributed by atoms with Crippen molar-refractivity contribution >= 4 is 22.8 Å². The Labute approximate surface area is 129 Å². The maximum atomic E-state index is 12.6. The summed E-state index contributed by atoms with van der Waals surface area (Å²) in [6.45, 7) is 5.49. The summed E-state index contributed by atoms with van der Waals surface area (Å²) in [5.41, 5.74) is 1.52. The summed E-state index contributed by atoms with van der Waals surface area (Å²) in [5, 5.41) is 12.5. The molecule has 5 nitrogen and oxygen atoms in total. The molecule has 0 aliphatic rings. The van der Waals surface area contributed by atoms with Crippen molar-refractivity contribution in [3.05, 3.63) is 41.6 Å². The first-order valence-corrected chi connectivity index (χ1v) is 7.19. The van der Waals surface area contributed by atoms with Crippen LogP contribution >= 0.6 is 0 Å². The molecule has 0 saturated heterocycles. The number of aryl methyl sites for hydroxylation is 1. The van der Waals surface area contributed by atoms with E-state index in [2.05, 4.69) is 10.3 Å². The first kappa shape index (κ1) is 15.9. The van der Waals surface area contributed by atoms with Crippen molar-refractivity contribution in [1.82, 2.24) is 10.3 Å². The average Bonchev–Trinajstić information content (AvgIpc) is 2.44. The zero-order chi connectivity index (χ0) is 16.3. The molecule has 1 aromatic heterocycles. The highest BCUT2D eigenvalue weighted by atomic mass is 16.4. The van der Waals surface area contributed by atoms with Crippen LogP contribution < -0.4 is 5.32 Å². The minimum absolute atomic E-state index is 0.0173. The highest BCUT2D eigenvalue weighted by Gasteiger charge is 2.23. The lowest BCUT2D eigenvalue weighted by atomic mass is 9.97. The van der Waals surface area contributed by atoms with Gasteiger partial charge in [0, 0.05) is 23.0 Å². The summed E-state index contributed by atoms with van der Waals surface area (Å²) < 4.78 is 0. The average molecular weight is 300 g/mol. The van der Waals surface area contributed by atoms with E-state index in [1.165, 1.54) is 0 Å². The maximum Gasteiger partial charge on any atom is 0.303 e. The van der Waals surface area contributed by atoms with Gasteiger partial charge in [0.2, 0.25) is 0 Å². The largest absolute Gasteiger partial charge is 0.481 e. The second-order valence-electron chi connectivity index (χ2n) is 6.06. The number of nitrogens with one attached hydrogen (secondary N) is 1. The Morgan fingerprint density at radius 1 is 1.27 bits per heavy atom. The van der Waals surface area contributed by atoms with Crippen LogP contribution in [0.3, 0.4) is 0 Å². The van der Waals surface area contributed by atoms with Gasteiger partial charge in [0.1, 0.15) is 0 Å². The molecule has 0 saturated carbocycles. The molecule has 1 aromatic carbocycles. The second kappa shape index (κ2) is 6.13. The van der Waals surface area contributed by atoms with Crippen molar-refractivity contribution < 1.29 is 14.7 Å². The standard InChI is InChI=1S/C17H20N2O3/c1-11-10-13(12-6-4-5-7-14(12)18-11)16(22)19-17(2,3)9-8-15(20)21/h4-7,10H,8-9H2,1-3H3,(H,19,22)(H,20,21). The van der Waals surface area contributed by atoms with Crippen LogP contribution in [0.2, 0.25) is 0 Å². The molecule has 1 amide bonds. The van der Waals surface area contributed by atoms with E-state index in [-0.39, 0.29) is 12.3 Å². The molecular formula is C17H20N2O3. The zero-order valence-corrected chi connectivity index (χ0v) is 13.0. The Morgan fingerprint density at radius 2 is 1.95 bits per heavy atom. The number of carboxylic acid groups (broad SMARTS) is 1.